The summed E-state index contributed by atoms with van der Waals surface area (Å²) >= 11 is 6.17. The van der Waals surface area contributed by atoms with Crippen LogP contribution in [0.2, 0.25) is 5.02 Å². The standard InChI is InChI=1S/C15H21ClN2O2.ClH/c1-3-18(10-12-6-4-5-7-13(12)16)15(19)14-11(2)20-9-8-17-14;/h4-7,11,14,17H,3,8-10H2,1-2H3;1H/t11-,14+;/m1./s1. The van der Waals surface area contributed by atoms with Gasteiger partial charge in [-0.1, -0.05) is 29.8 Å². The molecule has 6 heteroatoms. The summed E-state index contributed by atoms with van der Waals surface area (Å²) in [7, 11) is 0. The third-order valence-corrected chi connectivity index (χ3v) is 3.96. The Morgan fingerprint density at radius 2 is 2.19 bits per heavy atom. The molecule has 0 aromatic heterocycles. The molecule has 0 aliphatic carbocycles. The molecule has 1 fully saturated rings. The number of halogens is 2. The quantitative estimate of drug-likeness (QED) is 0.920. The highest BCUT2D eigenvalue weighted by Gasteiger charge is 2.31. The maximum atomic E-state index is 12.6. The van der Waals surface area contributed by atoms with Crippen LogP contribution in [0, 0.1) is 0 Å². The maximum Gasteiger partial charge on any atom is 0.242 e. The van der Waals surface area contributed by atoms with Crippen molar-refractivity contribution in [3.05, 3.63) is 34.9 Å². The Balaban J connectivity index is 0.00000220. The van der Waals surface area contributed by atoms with Gasteiger partial charge in [0.15, 0.2) is 0 Å². The molecule has 1 amide bonds. The molecule has 0 radical (unpaired) electrons. The number of morpholine rings is 1. The van der Waals surface area contributed by atoms with Crippen LogP contribution in [0.15, 0.2) is 24.3 Å². The van der Waals surface area contributed by atoms with Crippen molar-refractivity contribution in [1.29, 1.82) is 0 Å². The van der Waals surface area contributed by atoms with E-state index in [1.807, 2.05) is 43.0 Å². The first-order valence-electron chi connectivity index (χ1n) is 7.00. The molecule has 4 nitrogen and oxygen atoms in total. The van der Waals surface area contributed by atoms with Gasteiger partial charge in [0.1, 0.15) is 6.04 Å². The molecule has 21 heavy (non-hydrogen) atoms. The number of likely N-dealkylation sites (N-methyl/N-ethyl adjacent to an activating group) is 1. The summed E-state index contributed by atoms with van der Waals surface area (Å²) in [5.74, 6) is 0.0691. The molecular formula is C15H22Cl2N2O2. The van der Waals surface area contributed by atoms with E-state index < -0.39 is 0 Å². The molecule has 1 aromatic carbocycles. The number of hydrogen-bond acceptors (Lipinski definition) is 3. The van der Waals surface area contributed by atoms with Gasteiger partial charge in [-0.05, 0) is 25.5 Å². The normalized spacial score (nSPS) is 21.5. The summed E-state index contributed by atoms with van der Waals surface area (Å²) in [6.07, 6.45) is -0.100. The third-order valence-electron chi connectivity index (χ3n) is 3.59. The maximum absolute atomic E-state index is 12.6. The highest BCUT2D eigenvalue weighted by atomic mass is 35.5. The Hall–Kier alpha value is -0.810. The van der Waals surface area contributed by atoms with Crippen LogP contribution in [0.25, 0.3) is 0 Å². The van der Waals surface area contributed by atoms with Crippen molar-refractivity contribution in [3.8, 4) is 0 Å². The second-order valence-corrected chi connectivity index (χ2v) is 5.36. The molecule has 1 aliphatic heterocycles. The molecule has 118 valence electrons. The lowest BCUT2D eigenvalue weighted by Crippen LogP contribution is -2.56. The van der Waals surface area contributed by atoms with Gasteiger partial charge in [-0.15, -0.1) is 12.4 Å². The van der Waals surface area contributed by atoms with Gasteiger partial charge in [0.2, 0.25) is 5.91 Å². The van der Waals surface area contributed by atoms with Crippen LogP contribution in [0.3, 0.4) is 0 Å². The molecular weight excluding hydrogens is 311 g/mol. The Morgan fingerprint density at radius 1 is 1.48 bits per heavy atom. The van der Waals surface area contributed by atoms with Gasteiger partial charge in [-0.25, -0.2) is 0 Å². The smallest absolute Gasteiger partial charge is 0.242 e. The third kappa shape index (κ3) is 4.58. The predicted octanol–water partition coefficient (Wildman–Crippen LogP) is 2.49. The van der Waals surface area contributed by atoms with E-state index in [0.717, 1.165) is 5.56 Å². The van der Waals surface area contributed by atoms with E-state index in [9.17, 15) is 4.79 Å². The highest BCUT2D eigenvalue weighted by Crippen LogP contribution is 2.18. The zero-order valence-electron chi connectivity index (χ0n) is 12.3. The Morgan fingerprint density at radius 3 is 2.81 bits per heavy atom. The summed E-state index contributed by atoms with van der Waals surface area (Å²) in [5.41, 5.74) is 0.966. The van der Waals surface area contributed by atoms with Gasteiger partial charge in [-0.3, -0.25) is 4.79 Å². The number of amides is 1. The molecule has 1 aromatic rings. The fourth-order valence-corrected chi connectivity index (χ4v) is 2.58. The second-order valence-electron chi connectivity index (χ2n) is 4.95. The van der Waals surface area contributed by atoms with E-state index in [1.54, 1.807) is 0 Å². The van der Waals surface area contributed by atoms with Crippen molar-refractivity contribution in [1.82, 2.24) is 10.2 Å². The lowest BCUT2D eigenvalue weighted by molar-refractivity contribution is -0.139. The van der Waals surface area contributed by atoms with Crippen molar-refractivity contribution >= 4 is 29.9 Å². The minimum absolute atomic E-state index is 0. The number of nitrogens with one attached hydrogen (secondary N) is 1. The topological polar surface area (TPSA) is 41.6 Å². The van der Waals surface area contributed by atoms with Crippen molar-refractivity contribution in [3.63, 3.8) is 0 Å². The monoisotopic (exact) mass is 332 g/mol. The van der Waals surface area contributed by atoms with Gasteiger partial charge in [0, 0.05) is 24.7 Å². The number of benzene rings is 1. The minimum atomic E-state index is -0.272. The summed E-state index contributed by atoms with van der Waals surface area (Å²) in [6, 6.07) is 7.35. The van der Waals surface area contributed by atoms with E-state index in [4.69, 9.17) is 16.3 Å². The molecule has 0 unspecified atom stereocenters. The molecule has 1 aliphatic rings. The number of carbonyl (C=O) groups excluding carboxylic acids is 1. The average Bonchev–Trinajstić information content (AvgIpc) is 2.46. The molecule has 0 spiro atoms. The molecule has 1 saturated heterocycles. The minimum Gasteiger partial charge on any atom is -0.375 e. The van der Waals surface area contributed by atoms with E-state index in [-0.39, 0.29) is 30.5 Å². The number of ether oxygens (including phenoxy) is 1. The molecule has 2 atom stereocenters. The van der Waals surface area contributed by atoms with Crippen LogP contribution in [0.4, 0.5) is 0 Å². The highest BCUT2D eigenvalue weighted by molar-refractivity contribution is 6.31. The van der Waals surface area contributed by atoms with Crippen LogP contribution in [-0.2, 0) is 16.1 Å². The van der Waals surface area contributed by atoms with Crippen molar-refractivity contribution in [2.75, 3.05) is 19.7 Å². The molecule has 1 heterocycles. The summed E-state index contributed by atoms with van der Waals surface area (Å²) < 4.78 is 5.54. The second kappa shape index (κ2) is 8.59. The largest absolute Gasteiger partial charge is 0.375 e. The van der Waals surface area contributed by atoms with Crippen LogP contribution in [0.1, 0.15) is 19.4 Å². The van der Waals surface area contributed by atoms with Gasteiger partial charge in [-0.2, -0.15) is 0 Å². The van der Waals surface area contributed by atoms with Crippen LogP contribution >= 0.6 is 24.0 Å². The van der Waals surface area contributed by atoms with Gasteiger partial charge < -0.3 is 15.0 Å². The Kier molecular flexibility index (Phi) is 7.46. The van der Waals surface area contributed by atoms with Crippen molar-refractivity contribution < 1.29 is 9.53 Å². The number of rotatable bonds is 4. The molecule has 2 rings (SSSR count). The molecule has 0 bridgehead atoms. The first-order chi connectivity index (χ1) is 9.63. The summed E-state index contributed by atoms with van der Waals surface area (Å²) in [5, 5.41) is 3.93. The average molecular weight is 333 g/mol. The predicted molar refractivity (Wildman–Crippen MR) is 87.0 cm³/mol. The van der Waals surface area contributed by atoms with Crippen molar-refractivity contribution in [2.24, 2.45) is 0 Å². The zero-order chi connectivity index (χ0) is 14.5. The van der Waals surface area contributed by atoms with E-state index in [2.05, 4.69) is 5.32 Å². The fraction of sp³-hybridized carbons (Fsp3) is 0.533. The van der Waals surface area contributed by atoms with E-state index >= 15 is 0 Å². The summed E-state index contributed by atoms with van der Waals surface area (Å²) in [6.45, 7) is 6.45. The number of carbonyl (C=O) groups is 1. The Labute approximate surface area is 137 Å². The molecule has 1 N–H and O–H groups in total. The van der Waals surface area contributed by atoms with Crippen LogP contribution in [-0.4, -0.2) is 42.6 Å². The van der Waals surface area contributed by atoms with Gasteiger partial charge >= 0.3 is 0 Å². The SMILES string of the molecule is CCN(Cc1ccccc1Cl)C(=O)[C@H]1NCCO[C@@H]1C.Cl. The van der Waals surface area contributed by atoms with Gasteiger partial charge in [0.25, 0.3) is 0 Å². The zero-order valence-corrected chi connectivity index (χ0v) is 13.9. The van der Waals surface area contributed by atoms with E-state index in [0.29, 0.717) is 31.3 Å². The Bertz CT molecular complexity index is 471. The van der Waals surface area contributed by atoms with E-state index in [1.165, 1.54) is 0 Å². The van der Waals surface area contributed by atoms with Crippen LogP contribution < -0.4 is 5.32 Å². The number of hydrogen-bond donors (Lipinski definition) is 1. The van der Waals surface area contributed by atoms with Crippen molar-refractivity contribution in [2.45, 2.75) is 32.5 Å². The lowest BCUT2D eigenvalue weighted by Gasteiger charge is -2.33. The van der Waals surface area contributed by atoms with Crippen LogP contribution in [0.5, 0.6) is 0 Å². The number of nitrogens with zero attached hydrogens (tertiary/aromatic N) is 1. The fourth-order valence-electron chi connectivity index (χ4n) is 2.38. The lowest BCUT2D eigenvalue weighted by atomic mass is 10.1. The summed E-state index contributed by atoms with van der Waals surface area (Å²) in [4.78, 5) is 14.4. The first kappa shape index (κ1) is 18.2. The molecule has 0 saturated carbocycles. The first-order valence-corrected chi connectivity index (χ1v) is 7.38. The van der Waals surface area contributed by atoms with Gasteiger partial charge in [0.05, 0.1) is 12.7 Å².